The van der Waals surface area contributed by atoms with E-state index in [4.69, 9.17) is 4.74 Å². The van der Waals surface area contributed by atoms with Gasteiger partial charge in [0.25, 0.3) is 0 Å². The maximum Gasteiger partial charge on any atom is 0.343 e. The molecule has 0 saturated carbocycles. The number of ether oxygens (including phenoxy) is 1. The van der Waals surface area contributed by atoms with Crippen LogP contribution in [-0.4, -0.2) is 5.97 Å². The first-order chi connectivity index (χ1) is 6.75. The highest BCUT2D eigenvalue weighted by Gasteiger charge is 2.07. The summed E-state index contributed by atoms with van der Waals surface area (Å²) in [6, 6.07) is 7.29. The lowest BCUT2D eigenvalue weighted by Gasteiger charge is -2.01. The number of aryl methyl sites for hydroxylation is 1. The maximum absolute atomic E-state index is 11.4. The summed E-state index contributed by atoms with van der Waals surface area (Å²) in [5.74, 6) is -0.346. The van der Waals surface area contributed by atoms with Gasteiger partial charge in [-0.3, -0.25) is 0 Å². The Morgan fingerprint density at radius 2 is 2.14 bits per heavy atom. The molecule has 0 fully saturated rings. The van der Waals surface area contributed by atoms with Crippen LogP contribution in [0.25, 0.3) is 0 Å². The monoisotopic (exact) mass is 188 g/mol. The highest BCUT2D eigenvalue weighted by atomic mass is 16.5. The van der Waals surface area contributed by atoms with E-state index in [0.29, 0.717) is 5.56 Å². The van der Waals surface area contributed by atoms with Crippen LogP contribution in [0.1, 0.15) is 15.9 Å². The molecule has 2 heteroatoms. The lowest BCUT2D eigenvalue weighted by Crippen LogP contribution is -2.02. The Morgan fingerprint density at radius 3 is 2.79 bits per heavy atom. The van der Waals surface area contributed by atoms with E-state index in [1.165, 1.54) is 6.26 Å². The smallest absolute Gasteiger partial charge is 0.343 e. The van der Waals surface area contributed by atoms with Crippen molar-refractivity contribution in [2.45, 2.75) is 6.92 Å². The van der Waals surface area contributed by atoms with E-state index in [0.717, 1.165) is 5.56 Å². The number of rotatable bonds is 3. The molecular weight excluding hydrogens is 176 g/mol. The summed E-state index contributed by atoms with van der Waals surface area (Å²) >= 11 is 0. The summed E-state index contributed by atoms with van der Waals surface area (Å²) < 4.78 is 4.86. The minimum Gasteiger partial charge on any atom is -0.431 e. The zero-order valence-electron chi connectivity index (χ0n) is 8.07. The number of hydrogen-bond acceptors (Lipinski definition) is 2. The molecule has 0 aromatic heterocycles. The van der Waals surface area contributed by atoms with Crippen LogP contribution in [0, 0.1) is 6.92 Å². The molecule has 0 atom stereocenters. The van der Waals surface area contributed by atoms with Crippen LogP contribution in [0.4, 0.5) is 0 Å². The third-order valence-electron chi connectivity index (χ3n) is 1.75. The summed E-state index contributed by atoms with van der Waals surface area (Å²) in [5, 5.41) is 0. The quantitative estimate of drug-likeness (QED) is 0.414. The molecule has 0 unspecified atom stereocenters. The maximum atomic E-state index is 11.4. The van der Waals surface area contributed by atoms with E-state index in [-0.39, 0.29) is 5.97 Å². The molecule has 14 heavy (non-hydrogen) atoms. The summed E-state index contributed by atoms with van der Waals surface area (Å²) in [4.78, 5) is 11.4. The van der Waals surface area contributed by atoms with Crippen molar-refractivity contribution in [3.05, 3.63) is 60.4 Å². The van der Waals surface area contributed by atoms with Crippen LogP contribution in [0.15, 0.2) is 49.3 Å². The predicted octanol–water partition coefficient (Wildman–Crippen LogP) is 2.85. The van der Waals surface area contributed by atoms with Crippen molar-refractivity contribution in [3.63, 3.8) is 0 Å². The zero-order valence-corrected chi connectivity index (χ0v) is 8.07. The SMILES string of the molecule is C=C/C=C/OC(=O)c1ccccc1C. The van der Waals surface area contributed by atoms with E-state index in [1.54, 1.807) is 24.3 Å². The van der Waals surface area contributed by atoms with Crippen LogP contribution in [-0.2, 0) is 4.74 Å². The second kappa shape index (κ2) is 5.02. The van der Waals surface area contributed by atoms with Crippen LogP contribution < -0.4 is 0 Å². The minimum absolute atomic E-state index is 0.346. The first-order valence-corrected chi connectivity index (χ1v) is 4.30. The normalized spacial score (nSPS) is 10.1. The van der Waals surface area contributed by atoms with Crippen LogP contribution in [0.2, 0.25) is 0 Å². The van der Waals surface area contributed by atoms with Gasteiger partial charge in [0.1, 0.15) is 0 Å². The third-order valence-corrected chi connectivity index (χ3v) is 1.75. The van der Waals surface area contributed by atoms with Gasteiger partial charge >= 0.3 is 5.97 Å². The number of esters is 1. The predicted molar refractivity (Wildman–Crippen MR) is 55.9 cm³/mol. The standard InChI is InChI=1S/C12H12O2/c1-3-4-9-14-12(13)11-8-6-5-7-10(11)2/h3-9H,1H2,2H3/b9-4+. The molecule has 72 valence electrons. The van der Waals surface area contributed by atoms with Crippen molar-refractivity contribution in [2.24, 2.45) is 0 Å². The van der Waals surface area contributed by atoms with Crippen molar-refractivity contribution in [2.75, 3.05) is 0 Å². The van der Waals surface area contributed by atoms with Crippen LogP contribution >= 0.6 is 0 Å². The topological polar surface area (TPSA) is 26.3 Å². The van der Waals surface area contributed by atoms with Crippen LogP contribution in [0.5, 0.6) is 0 Å². The molecule has 2 nitrogen and oxygen atoms in total. The Morgan fingerprint density at radius 1 is 1.43 bits per heavy atom. The van der Waals surface area contributed by atoms with E-state index in [2.05, 4.69) is 6.58 Å². The lowest BCUT2D eigenvalue weighted by molar-refractivity contribution is 0.0662. The van der Waals surface area contributed by atoms with Gasteiger partial charge < -0.3 is 4.74 Å². The molecular formula is C12H12O2. The fourth-order valence-electron chi connectivity index (χ4n) is 1.02. The molecule has 0 radical (unpaired) electrons. The van der Waals surface area contributed by atoms with Gasteiger partial charge in [0.05, 0.1) is 11.8 Å². The number of benzene rings is 1. The van der Waals surface area contributed by atoms with Crippen molar-refractivity contribution in [3.8, 4) is 0 Å². The molecule has 0 N–H and O–H groups in total. The number of allylic oxidation sites excluding steroid dienone is 2. The second-order valence-corrected chi connectivity index (χ2v) is 2.78. The van der Waals surface area contributed by atoms with Gasteiger partial charge in [-0.15, -0.1) is 0 Å². The van der Waals surface area contributed by atoms with Crippen molar-refractivity contribution in [1.82, 2.24) is 0 Å². The first kappa shape index (κ1) is 10.3. The summed E-state index contributed by atoms with van der Waals surface area (Å²) in [6.45, 7) is 5.34. The molecule has 0 aliphatic carbocycles. The molecule has 0 aliphatic heterocycles. The van der Waals surface area contributed by atoms with Gasteiger partial charge in [0, 0.05) is 0 Å². The second-order valence-electron chi connectivity index (χ2n) is 2.78. The van der Waals surface area contributed by atoms with Crippen molar-refractivity contribution >= 4 is 5.97 Å². The van der Waals surface area contributed by atoms with Crippen molar-refractivity contribution < 1.29 is 9.53 Å². The van der Waals surface area contributed by atoms with E-state index in [1.807, 2.05) is 19.1 Å². The molecule has 0 bridgehead atoms. The fourth-order valence-corrected chi connectivity index (χ4v) is 1.02. The zero-order chi connectivity index (χ0) is 10.4. The highest BCUT2D eigenvalue weighted by molar-refractivity contribution is 5.91. The average molecular weight is 188 g/mol. The van der Waals surface area contributed by atoms with Gasteiger partial charge in [-0.2, -0.15) is 0 Å². The van der Waals surface area contributed by atoms with E-state index < -0.39 is 0 Å². The Bertz CT molecular complexity index is 364. The fraction of sp³-hybridized carbons (Fsp3) is 0.0833. The Balaban J connectivity index is 2.75. The molecule has 0 heterocycles. The number of carbonyl (C=O) groups is 1. The Hall–Kier alpha value is -1.83. The van der Waals surface area contributed by atoms with E-state index >= 15 is 0 Å². The lowest BCUT2D eigenvalue weighted by atomic mass is 10.1. The van der Waals surface area contributed by atoms with Gasteiger partial charge in [0.2, 0.25) is 0 Å². The van der Waals surface area contributed by atoms with Gasteiger partial charge in [-0.05, 0) is 24.6 Å². The molecule has 1 aromatic rings. The van der Waals surface area contributed by atoms with Gasteiger partial charge in [0.15, 0.2) is 0 Å². The molecule has 0 saturated heterocycles. The van der Waals surface area contributed by atoms with Crippen molar-refractivity contribution in [1.29, 1.82) is 0 Å². The van der Waals surface area contributed by atoms with Gasteiger partial charge in [-0.25, -0.2) is 4.79 Å². The first-order valence-electron chi connectivity index (χ1n) is 4.30. The summed E-state index contributed by atoms with van der Waals surface area (Å²) in [7, 11) is 0. The minimum atomic E-state index is -0.346. The number of hydrogen-bond donors (Lipinski definition) is 0. The summed E-state index contributed by atoms with van der Waals surface area (Å²) in [6.07, 6.45) is 4.43. The summed E-state index contributed by atoms with van der Waals surface area (Å²) in [5.41, 5.74) is 1.49. The van der Waals surface area contributed by atoms with E-state index in [9.17, 15) is 4.79 Å². The third kappa shape index (κ3) is 2.59. The highest BCUT2D eigenvalue weighted by Crippen LogP contribution is 2.08. The molecule has 0 spiro atoms. The Kier molecular flexibility index (Phi) is 3.68. The molecule has 0 amide bonds. The average Bonchev–Trinajstić information content (AvgIpc) is 2.18. The Labute approximate surface area is 83.5 Å². The number of carbonyl (C=O) groups excluding carboxylic acids is 1. The molecule has 1 rings (SSSR count). The largest absolute Gasteiger partial charge is 0.431 e. The molecule has 1 aromatic carbocycles. The van der Waals surface area contributed by atoms with Gasteiger partial charge in [-0.1, -0.05) is 30.9 Å². The molecule has 0 aliphatic rings. The van der Waals surface area contributed by atoms with Crippen LogP contribution in [0.3, 0.4) is 0 Å².